The minimum atomic E-state index is -0.186. The third kappa shape index (κ3) is 6.38. The van der Waals surface area contributed by atoms with Gasteiger partial charge in [0, 0.05) is 19.6 Å². The van der Waals surface area contributed by atoms with Crippen molar-refractivity contribution in [3.8, 4) is 0 Å². The molecule has 1 aliphatic rings. The van der Waals surface area contributed by atoms with E-state index in [9.17, 15) is 14.4 Å². The minimum Gasteiger partial charge on any atom is -0.453 e. The predicted molar refractivity (Wildman–Crippen MR) is 99.1 cm³/mol. The van der Waals surface area contributed by atoms with E-state index in [1.165, 1.54) is 37.7 Å². The van der Waals surface area contributed by atoms with Crippen LogP contribution in [0.15, 0.2) is 11.4 Å². The molecule has 0 spiro atoms. The summed E-state index contributed by atoms with van der Waals surface area (Å²) in [6, 6.07) is 2.11. The average Bonchev–Trinajstić information content (AvgIpc) is 3.11. The van der Waals surface area contributed by atoms with Crippen molar-refractivity contribution in [3.05, 3.63) is 16.3 Å². The number of hydrogen-bond donors (Lipinski definition) is 2. The Morgan fingerprint density at radius 3 is 2.56 bits per heavy atom. The van der Waals surface area contributed by atoms with Gasteiger partial charge in [0.2, 0.25) is 6.41 Å². The number of carbonyl (C=O) groups excluding carboxylic acids is 3. The van der Waals surface area contributed by atoms with E-state index in [0.29, 0.717) is 23.0 Å². The summed E-state index contributed by atoms with van der Waals surface area (Å²) in [5, 5.41) is 6.67. The molecule has 1 saturated carbocycles. The molecule has 2 rings (SSSR count). The number of anilines is 1. The number of nitrogens with zero attached hydrogens (tertiary/aromatic N) is 1. The second kappa shape index (κ2) is 11.5. The van der Waals surface area contributed by atoms with Crippen LogP contribution in [0.3, 0.4) is 0 Å². The molecule has 7 nitrogen and oxygen atoms in total. The molecule has 0 unspecified atom stereocenters. The average molecular weight is 369 g/mol. The Hall–Kier alpha value is -2.09. The van der Waals surface area contributed by atoms with Gasteiger partial charge in [0.15, 0.2) is 0 Å². The summed E-state index contributed by atoms with van der Waals surface area (Å²) < 4.78 is 4.74. The van der Waals surface area contributed by atoms with Gasteiger partial charge in [-0.15, -0.1) is 11.3 Å². The van der Waals surface area contributed by atoms with Gasteiger partial charge in [0.05, 0.1) is 12.8 Å². The molecule has 2 N–H and O–H groups in total. The Balaban J connectivity index is 0.000000251. The number of nitrogens with one attached hydrogen (secondary N) is 2. The first-order valence-electron chi connectivity index (χ1n) is 8.43. The van der Waals surface area contributed by atoms with Gasteiger partial charge in [-0.05, 0) is 31.2 Å². The molecule has 3 amide bonds. The molecule has 1 fully saturated rings. The number of amides is 3. The maximum atomic E-state index is 11.3. The number of rotatable bonds is 5. The van der Waals surface area contributed by atoms with Crippen LogP contribution in [0.2, 0.25) is 0 Å². The molecule has 140 valence electrons. The van der Waals surface area contributed by atoms with Crippen LogP contribution in [0.5, 0.6) is 0 Å². The highest BCUT2D eigenvalue weighted by Gasteiger charge is 2.24. The van der Waals surface area contributed by atoms with Gasteiger partial charge in [-0.25, -0.2) is 4.79 Å². The third-order valence-electron chi connectivity index (χ3n) is 4.08. The lowest BCUT2D eigenvalue weighted by atomic mass is 9.94. The molecule has 25 heavy (non-hydrogen) atoms. The van der Waals surface area contributed by atoms with Crippen molar-refractivity contribution in [2.24, 2.45) is 0 Å². The maximum Gasteiger partial charge on any atom is 0.409 e. The topological polar surface area (TPSA) is 87.7 Å². The zero-order valence-corrected chi connectivity index (χ0v) is 15.9. The van der Waals surface area contributed by atoms with Crippen LogP contribution >= 0.6 is 11.3 Å². The van der Waals surface area contributed by atoms with Gasteiger partial charge in [0.1, 0.15) is 4.88 Å². The number of carbonyl (C=O) groups is 3. The van der Waals surface area contributed by atoms with Crippen LogP contribution in [0.1, 0.15) is 48.7 Å². The highest BCUT2D eigenvalue weighted by molar-refractivity contribution is 7.12. The minimum absolute atomic E-state index is 0.172. The fraction of sp³-hybridized carbons (Fsp3) is 0.588. The van der Waals surface area contributed by atoms with Gasteiger partial charge in [0.25, 0.3) is 5.91 Å². The first-order chi connectivity index (χ1) is 12.1. The Labute approximate surface area is 152 Å². The quantitative estimate of drug-likeness (QED) is 0.781. The Bertz CT molecular complexity index is 556. The van der Waals surface area contributed by atoms with Crippen molar-refractivity contribution in [1.82, 2.24) is 10.2 Å². The van der Waals surface area contributed by atoms with Crippen LogP contribution in [-0.4, -0.2) is 50.1 Å². The maximum absolute atomic E-state index is 11.3. The molecule has 0 aliphatic heterocycles. The smallest absolute Gasteiger partial charge is 0.409 e. The number of thiophene rings is 1. The van der Waals surface area contributed by atoms with Crippen molar-refractivity contribution in [3.63, 3.8) is 0 Å². The lowest BCUT2D eigenvalue weighted by Gasteiger charge is -2.32. The molecule has 0 aromatic carbocycles. The summed E-state index contributed by atoms with van der Waals surface area (Å²) in [6.45, 7) is 2.77. The summed E-state index contributed by atoms with van der Waals surface area (Å²) in [6.07, 6.45) is 6.47. The fourth-order valence-electron chi connectivity index (χ4n) is 2.82. The lowest BCUT2D eigenvalue weighted by molar-refractivity contribution is -0.105. The Morgan fingerprint density at radius 2 is 2.04 bits per heavy atom. The molecular formula is C17H27N3O4S. The second-order valence-electron chi connectivity index (χ2n) is 5.55. The standard InChI is InChI=1S/C10H19NO2.C7H8N2O2S/c1-3-11(10(12)13-2)9-7-5-4-6-8-9;1-8-7(11)6-5(9-4-10)2-3-12-6/h9H,3-8H2,1-2H3;2-4H,1H3,(H,8,11)(H,9,10). The van der Waals surface area contributed by atoms with Gasteiger partial charge in [-0.1, -0.05) is 19.3 Å². The van der Waals surface area contributed by atoms with E-state index < -0.39 is 0 Å². The SMILES string of the molecule is CCN(C(=O)OC)C1CCCCC1.CNC(=O)c1sccc1NC=O. The summed E-state index contributed by atoms with van der Waals surface area (Å²) >= 11 is 1.29. The molecule has 0 saturated heterocycles. The van der Waals surface area contributed by atoms with Gasteiger partial charge in [-0.2, -0.15) is 0 Å². The summed E-state index contributed by atoms with van der Waals surface area (Å²) in [4.78, 5) is 34.9. The van der Waals surface area contributed by atoms with Crippen LogP contribution in [-0.2, 0) is 9.53 Å². The number of hydrogen-bond acceptors (Lipinski definition) is 5. The van der Waals surface area contributed by atoms with E-state index >= 15 is 0 Å². The normalized spacial score (nSPS) is 13.9. The van der Waals surface area contributed by atoms with Gasteiger partial charge < -0.3 is 20.3 Å². The first kappa shape index (κ1) is 21.0. The summed E-state index contributed by atoms with van der Waals surface area (Å²) in [5.41, 5.74) is 0.550. The van der Waals surface area contributed by atoms with E-state index in [1.807, 2.05) is 11.8 Å². The first-order valence-corrected chi connectivity index (χ1v) is 9.31. The van der Waals surface area contributed by atoms with Crippen LogP contribution in [0, 0.1) is 0 Å². The van der Waals surface area contributed by atoms with E-state index in [-0.39, 0.29) is 12.0 Å². The van der Waals surface area contributed by atoms with Crippen LogP contribution in [0.25, 0.3) is 0 Å². The van der Waals surface area contributed by atoms with Crippen molar-refractivity contribution in [2.45, 2.75) is 45.1 Å². The van der Waals surface area contributed by atoms with Crippen molar-refractivity contribution in [2.75, 3.05) is 26.0 Å². The highest BCUT2D eigenvalue weighted by atomic mass is 32.1. The molecule has 0 bridgehead atoms. The van der Waals surface area contributed by atoms with Gasteiger partial charge in [-0.3, -0.25) is 9.59 Å². The Morgan fingerprint density at radius 1 is 1.36 bits per heavy atom. The molecule has 0 atom stereocenters. The number of methoxy groups -OCH3 is 1. The largest absolute Gasteiger partial charge is 0.453 e. The van der Waals surface area contributed by atoms with E-state index in [1.54, 1.807) is 18.5 Å². The second-order valence-corrected chi connectivity index (χ2v) is 6.47. The lowest BCUT2D eigenvalue weighted by Crippen LogP contribution is -2.41. The van der Waals surface area contributed by atoms with E-state index in [0.717, 1.165) is 19.4 Å². The van der Waals surface area contributed by atoms with Crippen LogP contribution < -0.4 is 10.6 Å². The monoisotopic (exact) mass is 369 g/mol. The molecule has 0 radical (unpaired) electrons. The molecule has 1 aliphatic carbocycles. The van der Waals surface area contributed by atoms with E-state index in [4.69, 9.17) is 4.74 Å². The van der Waals surface area contributed by atoms with Gasteiger partial charge >= 0.3 is 6.09 Å². The molecule has 1 aromatic rings. The predicted octanol–water partition coefficient (Wildman–Crippen LogP) is 3.08. The molecular weight excluding hydrogens is 342 g/mol. The Kier molecular flexibility index (Phi) is 9.61. The van der Waals surface area contributed by atoms with Crippen molar-refractivity contribution in [1.29, 1.82) is 0 Å². The summed E-state index contributed by atoms with van der Waals surface area (Å²) in [5.74, 6) is -0.186. The summed E-state index contributed by atoms with van der Waals surface area (Å²) in [7, 11) is 3.00. The fourth-order valence-corrected chi connectivity index (χ4v) is 3.63. The van der Waals surface area contributed by atoms with Crippen molar-refractivity contribution < 1.29 is 19.1 Å². The van der Waals surface area contributed by atoms with Crippen molar-refractivity contribution >= 4 is 35.4 Å². The zero-order valence-electron chi connectivity index (χ0n) is 15.0. The molecule has 1 heterocycles. The molecule has 8 heteroatoms. The molecule has 1 aromatic heterocycles. The number of ether oxygens (including phenoxy) is 1. The highest BCUT2D eigenvalue weighted by Crippen LogP contribution is 2.23. The zero-order chi connectivity index (χ0) is 18.7. The van der Waals surface area contributed by atoms with Crippen LogP contribution in [0.4, 0.5) is 10.5 Å². The third-order valence-corrected chi connectivity index (χ3v) is 4.99. The van der Waals surface area contributed by atoms with E-state index in [2.05, 4.69) is 10.6 Å².